The summed E-state index contributed by atoms with van der Waals surface area (Å²) in [4.78, 5) is 20.2. The molecular formula is C27H28F5N5O3S. The normalized spacial score (nSPS) is 14.7. The van der Waals surface area contributed by atoms with Crippen molar-refractivity contribution in [2.45, 2.75) is 25.6 Å². The van der Waals surface area contributed by atoms with Crippen molar-refractivity contribution in [3.05, 3.63) is 83.1 Å². The van der Waals surface area contributed by atoms with E-state index in [2.05, 4.69) is 10.3 Å². The summed E-state index contributed by atoms with van der Waals surface area (Å²) in [5.74, 6) is -2.52. The zero-order valence-corrected chi connectivity index (χ0v) is 23.1. The molecule has 0 bridgehead atoms. The van der Waals surface area contributed by atoms with Gasteiger partial charge in [0.15, 0.2) is 0 Å². The molecule has 0 aliphatic carbocycles. The Morgan fingerprint density at radius 3 is 2.27 bits per heavy atom. The molecule has 3 aromatic rings. The molecule has 41 heavy (non-hydrogen) atoms. The summed E-state index contributed by atoms with van der Waals surface area (Å²) in [7, 11) is -1.85. The van der Waals surface area contributed by atoms with Crippen LogP contribution in [0, 0.1) is 11.6 Å². The number of nitrogens with one attached hydrogen (secondary N) is 1. The average Bonchev–Trinajstić information content (AvgIpc) is 2.95. The Bertz CT molecular complexity index is 1480. The number of pyridine rings is 1. The number of hydrogen-bond donors (Lipinski definition) is 2. The predicted molar refractivity (Wildman–Crippen MR) is 145 cm³/mol. The third-order valence-corrected chi connectivity index (χ3v) is 7.64. The van der Waals surface area contributed by atoms with E-state index < -0.39 is 46.2 Å². The molecule has 14 heteroatoms. The van der Waals surface area contributed by atoms with Crippen LogP contribution in [0.15, 0.2) is 54.6 Å². The van der Waals surface area contributed by atoms with E-state index in [9.17, 15) is 35.2 Å². The molecule has 2 aromatic carbocycles. The Balaban J connectivity index is 1.49. The fourth-order valence-corrected chi connectivity index (χ4v) is 4.88. The fraction of sp³-hybridized carbons (Fsp3) is 0.333. The maximum absolute atomic E-state index is 14.5. The van der Waals surface area contributed by atoms with E-state index in [1.54, 1.807) is 28.0 Å². The molecule has 0 saturated carbocycles. The number of thiol groups is 1. The fourth-order valence-electron chi connectivity index (χ4n) is 4.54. The highest BCUT2D eigenvalue weighted by molar-refractivity contribution is 7.74. The molecular weight excluding hydrogens is 569 g/mol. The van der Waals surface area contributed by atoms with Gasteiger partial charge in [0.25, 0.3) is 0 Å². The topological polar surface area (TPSA) is 85.8 Å². The molecule has 4 rings (SSSR count). The smallest absolute Gasteiger partial charge is 0.366 e. The lowest BCUT2D eigenvalue weighted by atomic mass is 9.99. The highest BCUT2D eigenvalue weighted by atomic mass is 32.2. The molecule has 0 spiro atoms. The Kier molecular flexibility index (Phi) is 9.00. The Labute approximate surface area is 235 Å². The average molecular weight is 598 g/mol. The number of alkyl halides is 3. The first-order valence-corrected chi connectivity index (χ1v) is 13.8. The summed E-state index contributed by atoms with van der Waals surface area (Å²) in [5.41, 5.74) is -0.210. The molecule has 1 aromatic heterocycles. The van der Waals surface area contributed by atoms with Gasteiger partial charge in [-0.05, 0) is 42.8 Å². The van der Waals surface area contributed by atoms with E-state index in [1.165, 1.54) is 38.2 Å². The van der Waals surface area contributed by atoms with E-state index in [1.807, 2.05) is 0 Å². The van der Waals surface area contributed by atoms with Gasteiger partial charge in [-0.3, -0.25) is 9.10 Å². The SMILES string of the molecule is CC(C(=O)NCc1ccc(C(F)(F)F)nc1N1CCN(c2ccccc2F)CC1)c1ccc(N(C)[SH](=O)=O)c(F)c1. The first-order chi connectivity index (χ1) is 19.4. The van der Waals surface area contributed by atoms with Gasteiger partial charge in [-0.15, -0.1) is 0 Å². The van der Waals surface area contributed by atoms with Crippen molar-refractivity contribution in [3.63, 3.8) is 0 Å². The summed E-state index contributed by atoms with van der Waals surface area (Å²) in [6.45, 7) is 2.62. The Hall–Kier alpha value is -3.94. The number of benzene rings is 2. The molecule has 1 unspecified atom stereocenters. The molecule has 1 aliphatic rings. The van der Waals surface area contributed by atoms with Gasteiger partial charge in [0, 0.05) is 45.3 Å². The number of anilines is 3. The highest BCUT2D eigenvalue weighted by Gasteiger charge is 2.34. The van der Waals surface area contributed by atoms with Crippen molar-refractivity contribution in [1.29, 1.82) is 0 Å². The van der Waals surface area contributed by atoms with Crippen LogP contribution in [0.3, 0.4) is 0 Å². The number of carbonyl (C=O) groups is 1. The molecule has 1 amide bonds. The first-order valence-electron chi connectivity index (χ1n) is 12.6. The number of para-hydroxylation sites is 1. The summed E-state index contributed by atoms with van der Waals surface area (Å²) < 4.78 is 92.3. The number of hydrogen-bond acceptors (Lipinski definition) is 6. The largest absolute Gasteiger partial charge is 0.433 e. The number of carbonyl (C=O) groups excluding carboxylic acids is 1. The number of piperazine rings is 1. The van der Waals surface area contributed by atoms with Crippen molar-refractivity contribution in [3.8, 4) is 0 Å². The standard InChI is InChI=1S/C27H28F5N5O3S/c1-17(18-7-9-22(21(29)15-18)35(2)41(39)40)26(38)33-16-19-8-10-24(27(30,31)32)34-25(19)37-13-11-36(12-14-37)23-6-4-3-5-20(23)28/h3-10,15,17,41H,11-14,16H2,1-2H3,(H,33,38). The van der Waals surface area contributed by atoms with Crippen LogP contribution in [-0.2, 0) is 28.4 Å². The number of halogens is 5. The molecule has 2 heterocycles. The highest BCUT2D eigenvalue weighted by Crippen LogP contribution is 2.32. The van der Waals surface area contributed by atoms with E-state index in [-0.39, 0.29) is 36.7 Å². The van der Waals surface area contributed by atoms with Gasteiger partial charge in [0.2, 0.25) is 16.8 Å². The van der Waals surface area contributed by atoms with Crippen LogP contribution in [0.5, 0.6) is 0 Å². The minimum absolute atomic E-state index is 0.0612. The second-order valence-corrected chi connectivity index (χ2v) is 10.6. The zero-order valence-electron chi connectivity index (χ0n) is 22.2. The molecule has 0 radical (unpaired) electrons. The van der Waals surface area contributed by atoms with Crippen molar-refractivity contribution in [1.82, 2.24) is 10.3 Å². The molecule has 8 nitrogen and oxygen atoms in total. The van der Waals surface area contributed by atoms with E-state index in [0.717, 1.165) is 16.4 Å². The number of amides is 1. The molecule has 1 fully saturated rings. The van der Waals surface area contributed by atoms with Crippen LogP contribution in [0.25, 0.3) is 0 Å². The van der Waals surface area contributed by atoms with Crippen molar-refractivity contribution in [2.24, 2.45) is 0 Å². The van der Waals surface area contributed by atoms with Gasteiger partial charge < -0.3 is 15.1 Å². The number of rotatable bonds is 8. The molecule has 220 valence electrons. The summed E-state index contributed by atoms with van der Waals surface area (Å²) in [5, 5.41) is 2.68. The number of aromatic nitrogens is 1. The Morgan fingerprint density at radius 1 is 1.00 bits per heavy atom. The molecule has 1 saturated heterocycles. The van der Waals surface area contributed by atoms with Crippen molar-refractivity contribution < 1.29 is 35.2 Å². The second kappa shape index (κ2) is 12.3. The van der Waals surface area contributed by atoms with Crippen LogP contribution in [0.4, 0.5) is 39.1 Å². The molecule has 1 N–H and O–H groups in total. The van der Waals surface area contributed by atoms with E-state index in [4.69, 9.17) is 0 Å². The molecule has 1 aliphatic heterocycles. The summed E-state index contributed by atoms with van der Waals surface area (Å²) >= 11 is 0. The molecule has 1 atom stereocenters. The lowest BCUT2D eigenvalue weighted by Crippen LogP contribution is -2.47. The van der Waals surface area contributed by atoms with Crippen molar-refractivity contribution in [2.75, 3.05) is 47.3 Å². The van der Waals surface area contributed by atoms with Gasteiger partial charge >= 0.3 is 6.18 Å². The third kappa shape index (κ3) is 6.87. The lowest BCUT2D eigenvalue weighted by molar-refractivity contribution is -0.141. The number of nitrogens with zero attached hydrogens (tertiary/aromatic N) is 4. The predicted octanol–water partition coefficient (Wildman–Crippen LogP) is 4.09. The third-order valence-electron chi connectivity index (χ3n) is 6.93. The van der Waals surface area contributed by atoms with Crippen molar-refractivity contribution >= 4 is 34.0 Å². The van der Waals surface area contributed by atoms with E-state index >= 15 is 0 Å². The minimum atomic E-state index is -4.68. The van der Waals surface area contributed by atoms with Crippen LogP contribution >= 0.6 is 0 Å². The summed E-state index contributed by atoms with van der Waals surface area (Å²) in [6, 6.07) is 12.1. The Morgan fingerprint density at radius 2 is 1.66 bits per heavy atom. The first kappa shape index (κ1) is 30.0. The van der Waals surface area contributed by atoms with Gasteiger partial charge in [-0.1, -0.05) is 24.3 Å². The zero-order chi connectivity index (χ0) is 29.9. The minimum Gasteiger partial charge on any atom is -0.366 e. The quantitative estimate of drug-likeness (QED) is 0.301. The van der Waals surface area contributed by atoms with Gasteiger partial charge in [-0.25, -0.2) is 22.2 Å². The lowest BCUT2D eigenvalue weighted by Gasteiger charge is -2.37. The summed E-state index contributed by atoms with van der Waals surface area (Å²) in [6.07, 6.45) is -4.68. The van der Waals surface area contributed by atoms with Gasteiger partial charge in [0.1, 0.15) is 23.1 Å². The van der Waals surface area contributed by atoms with Gasteiger partial charge in [-0.2, -0.15) is 13.2 Å². The van der Waals surface area contributed by atoms with Gasteiger partial charge in [0.05, 0.1) is 17.3 Å². The maximum Gasteiger partial charge on any atom is 0.433 e. The van der Waals surface area contributed by atoms with Crippen LogP contribution < -0.4 is 19.4 Å². The van der Waals surface area contributed by atoms with Crippen LogP contribution in [0.1, 0.15) is 29.7 Å². The van der Waals surface area contributed by atoms with Crippen LogP contribution in [0.2, 0.25) is 0 Å². The van der Waals surface area contributed by atoms with Crippen LogP contribution in [-0.4, -0.2) is 52.5 Å². The van der Waals surface area contributed by atoms with E-state index in [0.29, 0.717) is 24.3 Å². The monoisotopic (exact) mass is 597 g/mol. The second-order valence-electron chi connectivity index (χ2n) is 9.51. The maximum atomic E-state index is 14.5.